The summed E-state index contributed by atoms with van der Waals surface area (Å²) in [6.07, 6.45) is 5.52. The van der Waals surface area contributed by atoms with Crippen molar-refractivity contribution in [3.05, 3.63) is 41.2 Å². The Labute approximate surface area is 134 Å². The van der Waals surface area contributed by atoms with Gasteiger partial charge in [-0.2, -0.15) is 0 Å². The molecule has 0 spiro atoms. The summed E-state index contributed by atoms with van der Waals surface area (Å²) in [6, 6.07) is 8.07. The van der Waals surface area contributed by atoms with Crippen LogP contribution in [0.1, 0.15) is 24.8 Å². The Morgan fingerprint density at radius 3 is 3.05 bits per heavy atom. The highest BCUT2D eigenvalue weighted by Crippen LogP contribution is 2.22. The van der Waals surface area contributed by atoms with Gasteiger partial charge in [-0.15, -0.1) is 5.10 Å². The topological polar surface area (TPSA) is 63.9 Å². The number of likely N-dealkylation sites (tertiary alicyclic amines) is 1. The quantitative estimate of drug-likeness (QED) is 0.864. The first-order valence-corrected chi connectivity index (χ1v) is 7.85. The molecular formula is C15H18ClN5O. The maximum atomic E-state index is 12.5. The molecule has 2 heterocycles. The lowest BCUT2D eigenvalue weighted by Crippen LogP contribution is -2.46. The number of aromatic nitrogens is 4. The number of amides is 1. The summed E-state index contributed by atoms with van der Waals surface area (Å²) in [4.78, 5) is 14.5. The average Bonchev–Trinajstić information content (AvgIpc) is 3.01. The molecule has 1 aromatic carbocycles. The van der Waals surface area contributed by atoms with Gasteiger partial charge in [0, 0.05) is 17.6 Å². The number of tetrazole rings is 1. The van der Waals surface area contributed by atoms with E-state index in [9.17, 15) is 4.79 Å². The number of piperidine rings is 1. The van der Waals surface area contributed by atoms with Gasteiger partial charge >= 0.3 is 0 Å². The maximum Gasteiger partial charge on any atom is 0.244 e. The summed E-state index contributed by atoms with van der Waals surface area (Å²) >= 11 is 6.05. The number of carbonyl (C=O) groups is 1. The molecule has 0 bridgehead atoms. The van der Waals surface area contributed by atoms with Gasteiger partial charge in [0.1, 0.15) is 12.9 Å². The second-order valence-electron chi connectivity index (χ2n) is 5.58. The molecular weight excluding hydrogens is 302 g/mol. The molecule has 0 aliphatic carbocycles. The smallest absolute Gasteiger partial charge is 0.244 e. The first kappa shape index (κ1) is 15.0. The Bertz CT molecular complexity index is 631. The second kappa shape index (κ2) is 6.87. The summed E-state index contributed by atoms with van der Waals surface area (Å²) in [5.74, 6) is 0.0685. The number of hydrogen-bond acceptors (Lipinski definition) is 4. The monoisotopic (exact) mass is 319 g/mol. The number of nitrogens with zero attached hydrogens (tertiary/aromatic N) is 5. The standard InChI is InChI=1S/C15H18ClN5O/c16-13-5-3-4-12(8-13)9-14-6-1-2-7-21(14)15(22)10-20-11-17-18-19-20/h3-5,8,11,14H,1-2,6-7,9-10H2. The third kappa shape index (κ3) is 3.62. The predicted molar refractivity (Wildman–Crippen MR) is 82.3 cm³/mol. The average molecular weight is 320 g/mol. The van der Waals surface area contributed by atoms with E-state index in [1.165, 1.54) is 16.6 Å². The lowest BCUT2D eigenvalue weighted by Gasteiger charge is -2.36. The van der Waals surface area contributed by atoms with Crippen molar-refractivity contribution in [2.24, 2.45) is 0 Å². The minimum atomic E-state index is 0.0685. The van der Waals surface area contributed by atoms with Crippen LogP contribution in [0.5, 0.6) is 0 Å². The molecule has 1 unspecified atom stereocenters. The number of carbonyl (C=O) groups excluding carboxylic acids is 1. The predicted octanol–water partition coefficient (Wildman–Crippen LogP) is 1.95. The zero-order chi connectivity index (χ0) is 15.4. The fourth-order valence-corrected chi connectivity index (χ4v) is 3.17. The SMILES string of the molecule is O=C(Cn1cnnn1)N1CCCCC1Cc1cccc(Cl)c1. The van der Waals surface area contributed by atoms with Gasteiger partial charge < -0.3 is 4.90 Å². The van der Waals surface area contributed by atoms with Crippen molar-refractivity contribution in [3.8, 4) is 0 Å². The van der Waals surface area contributed by atoms with Crippen LogP contribution >= 0.6 is 11.6 Å². The van der Waals surface area contributed by atoms with Crippen LogP contribution in [0, 0.1) is 0 Å². The number of halogens is 1. The van der Waals surface area contributed by atoms with E-state index in [1.807, 2.05) is 23.1 Å². The molecule has 0 radical (unpaired) electrons. The first-order chi connectivity index (χ1) is 10.7. The molecule has 2 aromatic rings. The second-order valence-corrected chi connectivity index (χ2v) is 6.01. The summed E-state index contributed by atoms with van der Waals surface area (Å²) in [5, 5.41) is 11.6. The van der Waals surface area contributed by atoms with Crippen LogP contribution in [0.15, 0.2) is 30.6 Å². The Hall–Kier alpha value is -1.95. The number of hydrogen-bond donors (Lipinski definition) is 0. The first-order valence-electron chi connectivity index (χ1n) is 7.47. The lowest BCUT2D eigenvalue weighted by atomic mass is 9.95. The fourth-order valence-electron chi connectivity index (χ4n) is 2.96. The molecule has 1 saturated heterocycles. The molecule has 1 amide bonds. The minimum absolute atomic E-state index is 0.0685. The van der Waals surface area contributed by atoms with Crippen LogP contribution < -0.4 is 0 Å². The third-order valence-electron chi connectivity index (χ3n) is 4.00. The Morgan fingerprint density at radius 1 is 1.36 bits per heavy atom. The summed E-state index contributed by atoms with van der Waals surface area (Å²) in [6.45, 7) is 0.991. The molecule has 22 heavy (non-hydrogen) atoms. The van der Waals surface area contributed by atoms with Crippen LogP contribution in [0.25, 0.3) is 0 Å². The molecule has 0 saturated carbocycles. The van der Waals surface area contributed by atoms with Crippen molar-refractivity contribution in [1.29, 1.82) is 0 Å². The zero-order valence-corrected chi connectivity index (χ0v) is 13.0. The molecule has 1 atom stereocenters. The molecule has 1 aliphatic heterocycles. The molecule has 3 rings (SSSR count). The maximum absolute atomic E-state index is 12.5. The highest BCUT2D eigenvalue weighted by molar-refractivity contribution is 6.30. The van der Waals surface area contributed by atoms with Crippen LogP contribution in [0.3, 0.4) is 0 Å². The van der Waals surface area contributed by atoms with E-state index in [0.717, 1.165) is 37.3 Å². The van der Waals surface area contributed by atoms with Crippen LogP contribution in [-0.4, -0.2) is 43.6 Å². The van der Waals surface area contributed by atoms with E-state index in [2.05, 4.69) is 21.6 Å². The van der Waals surface area contributed by atoms with Crippen LogP contribution in [0.2, 0.25) is 5.02 Å². The minimum Gasteiger partial charge on any atom is -0.338 e. The van der Waals surface area contributed by atoms with Crippen LogP contribution in [-0.2, 0) is 17.8 Å². The highest BCUT2D eigenvalue weighted by atomic mass is 35.5. The molecule has 6 nitrogen and oxygen atoms in total. The van der Waals surface area contributed by atoms with Gasteiger partial charge in [0.25, 0.3) is 0 Å². The summed E-state index contributed by atoms with van der Waals surface area (Å²) in [5.41, 5.74) is 1.17. The molecule has 1 fully saturated rings. The molecule has 1 aromatic heterocycles. The van der Waals surface area contributed by atoms with Crippen molar-refractivity contribution in [2.75, 3.05) is 6.54 Å². The van der Waals surface area contributed by atoms with Crippen LogP contribution in [0.4, 0.5) is 0 Å². The van der Waals surface area contributed by atoms with Gasteiger partial charge in [0.2, 0.25) is 5.91 Å². The van der Waals surface area contributed by atoms with E-state index in [1.54, 1.807) is 0 Å². The van der Waals surface area contributed by atoms with Crippen molar-refractivity contribution >= 4 is 17.5 Å². The lowest BCUT2D eigenvalue weighted by molar-refractivity contribution is -0.135. The van der Waals surface area contributed by atoms with Crippen molar-refractivity contribution in [1.82, 2.24) is 25.1 Å². The van der Waals surface area contributed by atoms with Crippen molar-refractivity contribution < 1.29 is 4.79 Å². The van der Waals surface area contributed by atoms with E-state index < -0.39 is 0 Å². The largest absolute Gasteiger partial charge is 0.338 e. The Kier molecular flexibility index (Phi) is 4.68. The van der Waals surface area contributed by atoms with Crippen molar-refractivity contribution in [3.63, 3.8) is 0 Å². The number of benzene rings is 1. The van der Waals surface area contributed by atoms with E-state index in [-0.39, 0.29) is 18.5 Å². The van der Waals surface area contributed by atoms with Gasteiger partial charge in [0.05, 0.1) is 0 Å². The van der Waals surface area contributed by atoms with Crippen molar-refractivity contribution in [2.45, 2.75) is 38.3 Å². The van der Waals surface area contributed by atoms with Gasteiger partial charge in [0.15, 0.2) is 0 Å². The molecule has 116 valence electrons. The normalized spacial score (nSPS) is 18.4. The van der Waals surface area contributed by atoms with Gasteiger partial charge in [-0.1, -0.05) is 23.7 Å². The number of rotatable bonds is 4. The van der Waals surface area contributed by atoms with E-state index in [4.69, 9.17) is 11.6 Å². The zero-order valence-electron chi connectivity index (χ0n) is 12.2. The van der Waals surface area contributed by atoms with E-state index >= 15 is 0 Å². The summed E-state index contributed by atoms with van der Waals surface area (Å²) in [7, 11) is 0. The summed E-state index contributed by atoms with van der Waals surface area (Å²) < 4.78 is 1.47. The van der Waals surface area contributed by atoms with Gasteiger partial charge in [-0.3, -0.25) is 4.79 Å². The molecule has 7 heteroatoms. The molecule has 1 aliphatic rings. The van der Waals surface area contributed by atoms with Gasteiger partial charge in [-0.05, 0) is 53.8 Å². The Balaban J connectivity index is 1.69. The highest BCUT2D eigenvalue weighted by Gasteiger charge is 2.27. The van der Waals surface area contributed by atoms with Gasteiger partial charge in [-0.25, -0.2) is 4.68 Å². The Morgan fingerprint density at radius 2 is 2.27 bits per heavy atom. The third-order valence-corrected chi connectivity index (χ3v) is 4.23. The molecule has 0 N–H and O–H groups in total. The fraction of sp³-hybridized carbons (Fsp3) is 0.467. The van der Waals surface area contributed by atoms with E-state index in [0.29, 0.717) is 0 Å².